The maximum absolute atomic E-state index is 16.0. The van der Waals surface area contributed by atoms with Gasteiger partial charge in [0.05, 0.1) is 6.61 Å². The summed E-state index contributed by atoms with van der Waals surface area (Å²) in [6.07, 6.45) is 8.44. The van der Waals surface area contributed by atoms with Crippen LogP contribution in [0, 0.1) is 11.6 Å². The van der Waals surface area contributed by atoms with Crippen LogP contribution in [-0.4, -0.2) is 6.61 Å². The first kappa shape index (κ1) is 19.3. The molecule has 0 radical (unpaired) electrons. The van der Waals surface area contributed by atoms with E-state index in [-0.39, 0.29) is 6.42 Å². The maximum atomic E-state index is 16.0. The molecule has 1 aliphatic carbocycles. The van der Waals surface area contributed by atoms with Crippen LogP contribution in [0.3, 0.4) is 0 Å². The van der Waals surface area contributed by atoms with Gasteiger partial charge in [-0.2, -0.15) is 0 Å². The Labute approximate surface area is 158 Å². The van der Waals surface area contributed by atoms with E-state index in [1.807, 2.05) is 0 Å². The zero-order valence-corrected chi connectivity index (χ0v) is 15.4. The molecule has 0 aliphatic heterocycles. The van der Waals surface area contributed by atoms with Crippen molar-refractivity contribution in [1.82, 2.24) is 0 Å². The molecule has 0 aromatic heterocycles. The summed E-state index contributed by atoms with van der Waals surface area (Å²) in [7, 11) is 0. The normalized spacial score (nSPS) is 19.0. The Bertz CT molecular complexity index is 839. The van der Waals surface area contributed by atoms with Crippen LogP contribution >= 0.6 is 0 Å². The molecule has 1 nitrogen and oxygen atoms in total. The van der Waals surface area contributed by atoms with Crippen LogP contribution in [0.15, 0.2) is 60.7 Å². The van der Waals surface area contributed by atoms with Crippen molar-refractivity contribution in [2.75, 3.05) is 6.61 Å². The minimum atomic E-state index is -1.81. The van der Waals surface area contributed by atoms with Gasteiger partial charge in [0.15, 0.2) is 17.3 Å². The topological polar surface area (TPSA) is 9.23 Å². The van der Waals surface area contributed by atoms with Gasteiger partial charge < -0.3 is 4.74 Å². The largest absolute Gasteiger partial charge is 0.494 e. The molecule has 0 bridgehead atoms. The maximum Gasteiger partial charge on any atom is 0.165 e. The third kappa shape index (κ3) is 4.26. The van der Waals surface area contributed by atoms with Crippen LogP contribution in [0.4, 0.5) is 13.2 Å². The minimum Gasteiger partial charge on any atom is -0.494 e. The van der Waals surface area contributed by atoms with Crippen molar-refractivity contribution in [3.8, 4) is 5.75 Å². The molecule has 27 heavy (non-hydrogen) atoms. The quantitative estimate of drug-likeness (QED) is 0.489. The molecule has 1 atom stereocenters. The second kappa shape index (κ2) is 8.47. The van der Waals surface area contributed by atoms with Crippen LogP contribution < -0.4 is 4.74 Å². The number of unbranched alkanes of at least 4 members (excludes halogenated alkanes) is 2. The summed E-state index contributed by atoms with van der Waals surface area (Å²) in [6, 6.07) is 10.4. The highest BCUT2D eigenvalue weighted by Gasteiger charge is 2.37. The fourth-order valence-corrected chi connectivity index (χ4v) is 3.26. The highest BCUT2D eigenvalue weighted by Crippen LogP contribution is 2.45. The summed E-state index contributed by atoms with van der Waals surface area (Å²) >= 11 is 0. The SMILES string of the molecule is CCCCCOc1ccc(C2(F)CC=CC=C2c2ccc(F)c(F)c2)cc1. The van der Waals surface area contributed by atoms with Gasteiger partial charge >= 0.3 is 0 Å². The van der Waals surface area contributed by atoms with E-state index in [0.29, 0.717) is 29.1 Å². The Balaban J connectivity index is 1.84. The predicted molar refractivity (Wildman–Crippen MR) is 102 cm³/mol. The van der Waals surface area contributed by atoms with Crippen molar-refractivity contribution in [3.63, 3.8) is 0 Å². The molecule has 0 saturated heterocycles. The van der Waals surface area contributed by atoms with E-state index in [0.717, 1.165) is 31.4 Å². The summed E-state index contributed by atoms with van der Waals surface area (Å²) in [5.74, 6) is -1.23. The summed E-state index contributed by atoms with van der Waals surface area (Å²) < 4.78 is 48.6. The molecule has 0 saturated carbocycles. The lowest BCUT2D eigenvalue weighted by Gasteiger charge is -2.30. The summed E-state index contributed by atoms with van der Waals surface area (Å²) in [6.45, 7) is 2.77. The number of ether oxygens (including phenoxy) is 1. The van der Waals surface area contributed by atoms with Crippen LogP contribution in [-0.2, 0) is 5.67 Å². The molecule has 0 fully saturated rings. The number of hydrogen-bond acceptors (Lipinski definition) is 1. The molecule has 0 N–H and O–H groups in total. The lowest BCUT2D eigenvalue weighted by atomic mass is 9.79. The van der Waals surface area contributed by atoms with Crippen LogP contribution in [0.5, 0.6) is 5.75 Å². The molecule has 0 amide bonds. The first-order valence-electron chi connectivity index (χ1n) is 9.29. The van der Waals surface area contributed by atoms with Crippen molar-refractivity contribution in [2.45, 2.75) is 38.3 Å². The second-order valence-electron chi connectivity index (χ2n) is 6.72. The van der Waals surface area contributed by atoms with Gasteiger partial charge in [-0.05, 0) is 41.8 Å². The van der Waals surface area contributed by atoms with Crippen LogP contribution in [0.2, 0.25) is 0 Å². The number of allylic oxidation sites excluding steroid dienone is 4. The van der Waals surface area contributed by atoms with Gasteiger partial charge in [-0.3, -0.25) is 0 Å². The average Bonchev–Trinajstić information content (AvgIpc) is 2.68. The molecule has 3 rings (SSSR count). The first-order valence-corrected chi connectivity index (χ1v) is 9.29. The van der Waals surface area contributed by atoms with Crippen molar-refractivity contribution < 1.29 is 17.9 Å². The van der Waals surface area contributed by atoms with E-state index >= 15 is 4.39 Å². The van der Waals surface area contributed by atoms with Gasteiger partial charge in [-0.15, -0.1) is 0 Å². The smallest absolute Gasteiger partial charge is 0.165 e. The molecule has 142 valence electrons. The number of hydrogen-bond donors (Lipinski definition) is 0. The van der Waals surface area contributed by atoms with E-state index in [1.165, 1.54) is 6.07 Å². The fraction of sp³-hybridized carbons (Fsp3) is 0.304. The van der Waals surface area contributed by atoms with E-state index in [4.69, 9.17) is 4.74 Å². The Morgan fingerprint density at radius 2 is 1.78 bits per heavy atom. The fourth-order valence-electron chi connectivity index (χ4n) is 3.26. The van der Waals surface area contributed by atoms with Gasteiger partial charge in [0.25, 0.3) is 0 Å². The van der Waals surface area contributed by atoms with Crippen molar-refractivity contribution in [1.29, 1.82) is 0 Å². The Morgan fingerprint density at radius 3 is 2.48 bits per heavy atom. The van der Waals surface area contributed by atoms with Crippen LogP contribution in [0.25, 0.3) is 5.57 Å². The van der Waals surface area contributed by atoms with Crippen molar-refractivity contribution >= 4 is 5.57 Å². The molecule has 1 aliphatic rings. The number of benzene rings is 2. The lowest BCUT2D eigenvalue weighted by Crippen LogP contribution is -2.23. The van der Waals surface area contributed by atoms with Gasteiger partial charge in [0.2, 0.25) is 0 Å². The van der Waals surface area contributed by atoms with E-state index in [9.17, 15) is 8.78 Å². The van der Waals surface area contributed by atoms with Gasteiger partial charge in [-0.1, -0.05) is 56.2 Å². The summed E-state index contributed by atoms with van der Waals surface area (Å²) in [4.78, 5) is 0. The highest BCUT2D eigenvalue weighted by atomic mass is 19.2. The van der Waals surface area contributed by atoms with E-state index in [1.54, 1.807) is 42.5 Å². The van der Waals surface area contributed by atoms with Crippen molar-refractivity contribution in [2.24, 2.45) is 0 Å². The number of halogens is 3. The number of rotatable bonds is 7. The van der Waals surface area contributed by atoms with Crippen molar-refractivity contribution in [3.05, 3.63) is 83.5 Å². The summed E-state index contributed by atoms with van der Waals surface area (Å²) in [5, 5.41) is 0. The molecule has 0 heterocycles. The monoisotopic (exact) mass is 372 g/mol. The standard InChI is InChI=1S/C23H23F3O/c1-2-3-6-15-27-19-11-9-18(10-12-19)23(26)14-5-4-7-20(23)17-8-13-21(24)22(25)16-17/h4-5,7-13,16H,2-3,6,14-15H2,1H3. The Hall–Kier alpha value is -2.49. The Kier molecular flexibility index (Phi) is 6.04. The van der Waals surface area contributed by atoms with Gasteiger partial charge in [-0.25, -0.2) is 13.2 Å². The molecule has 0 spiro atoms. The Morgan fingerprint density at radius 1 is 1.00 bits per heavy atom. The number of alkyl halides is 1. The zero-order valence-electron chi connectivity index (χ0n) is 15.4. The molecule has 4 heteroatoms. The summed E-state index contributed by atoms with van der Waals surface area (Å²) in [5.41, 5.74) is -0.690. The van der Waals surface area contributed by atoms with E-state index < -0.39 is 17.3 Å². The van der Waals surface area contributed by atoms with E-state index in [2.05, 4.69) is 6.92 Å². The highest BCUT2D eigenvalue weighted by molar-refractivity contribution is 5.76. The van der Waals surface area contributed by atoms with Gasteiger partial charge in [0, 0.05) is 12.0 Å². The molecule has 2 aromatic rings. The molecular formula is C23H23F3O. The second-order valence-corrected chi connectivity index (χ2v) is 6.72. The molecule has 1 unspecified atom stereocenters. The molecular weight excluding hydrogens is 349 g/mol. The first-order chi connectivity index (χ1) is 13.0. The third-order valence-electron chi connectivity index (χ3n) is 4.78. The minimum absolute atomic E-state index is 0.133. The molecule has 2 aromatic carbocycles. The average molecular weight is 372 g/mol. The van der Waals surface area contributed by atoms with Gasteiger partial charge in [0.1, 0.15) is 5.75 Å². The van der Waals surface area contributed by atoms with Crippen LogP contribution in [0.1, 0.15) is 43.7 Å². The lowest BCUT2D eigenvalue weighted by molar-refractivity contribution is 0.249. The zero-order chi connectivity index (χ0) is 19.3. The third-order valence-corrected chi connectivity index (χ3v) is 4.78. The predicted octanol–water partition coefficient (Wildman–Crippen LogP) is 6.74.